The Balaban J connectivity index is 1.91. The zero-order valence-electron chi connectivity index (χ0n) is 10.2. The van der Waals surface area contributed by atoms with Crippen LogP contribution >= 0.6 is 0 Å². The minimum atomic E-state index is -1.16. The SMILES string of the molecule is N#Cc1ccc(OCCn2cc(C(=O)O)nn2)cc1F. The zero-order chi connectivity index (χ0) is 14.5. The number of aromatic carboxylic acids is 1. The van der Waals surface area contributed by atoms with Crippen LogP contribution < -0.4 is 4.74 Å². The van der Waals surface area contributed by atoms with Crippen LogP contribution in [0, 0.1) is 17.1 Å². The summed E-state index contributed by atoms with van der Waals surface area (Å²) in [5.41, 5.74) is -0.214. The third-order valence-corrected chi connectivity index (χ3v) is 2.41. The molecular weight excluding hydrogens is 267 g/mol. The molecule has 0 saturated carbocycles. The topological polar surface area (TPSA) is 101 Å². The van der Waals surface area contributed by atoms with Crippen LogP contribution in [0.2, 0.25) is 0 Å². The second-order valence-electron chi connectivity index (χ2n) is 3.77. The maximum atomic E-state index is 13.3. The summed E-state index contributed by atoms with van der Waals surface area (Å²) in [6, 6.07) is 5.62. The lowest BCUT2D eigenvalue weighted by atomic mass is 10.2. The van der Waals surface area contributed by atoms with Crippen LogP contribution in [0.25, 0.3) is 0 Å². The maximum Gasteiger partial charge on any atom is 0.358 e. The third-order valence-electron chi connectivity index (χ3n) is 2.41. The summed E-state index contributed by atoms with van der Waals surface area (Å²) >= 11 is 0. The first kappa shape index (κ1) is 13.5. The summed E-state index contributed by atoms with van der Waals surface area (Å²) in [5.74, 6) is -1.54. The lowest BCUT2D eigenvalue weighted by molar-refractivity contribution is 0.0690. The zero-order valence-corrected chi connectivity index (χ0v) is 10.2. The molecule has 20 heavy (non-hydrogen) atoms. The van der Waals surface area contributed by atoms with Crippen molar-refractivity contribution >= 4 is 5.97 Å². The first-order chi connectivity index (χ1) is 9.60. The highest BCUT2D eigenvalue weighted by atomic mass is 19.1. The fourth-order valence-corrected chi connectivity index (χ4v) is 1.44. The lowest BCUT2D eigenvalue weighted by Crippen LogP contribution is -2.09. The molecule has 0 radical (unpaired) electrons. The van der Waals surface area contributed by atoms with Crippen molar-refractivity contribution in [3.05, 3.63) is 41.5 Å². The van der Waals surface area contributed by atoms with Gasteiger partial charge in [-0.05, 0) is 12.1 Å². The normalized spacial score (nSPS) is 10.0. The summed E-state index contributed by atoms with van der Waals surface area (Å²) in [5, 5.41) is 24.3. The molecule has 8 heteroatoms. The molecule has 0 aliphatic carbocycles. The second-order valence-corrected chi connectivity index (χ2v) is 3.77. The van der Waals surface area contributed by atoms with E-state index in [0.717, 1.165) is 6.07 Å². The second kappa shape index (κ2) is 5.79. The standard InChI is InChI=1S/C12H9FN4O3/c13-10-5-9(2-1-8(10)6-14)20-4-3-17-7-11(12(18)19)15-16-17/h1-2,5,7H,3-4H2,(H,18,19). The Kier molecular flexibility index (Phi) is 3.91. The van der Waals surface area contributed by atoms with Crippen molar-refractivity contribution in [2.75, 3.05) is 6.61 Å². The van der Waals surface area contributed by atoms with E-state index in [1.165, 1.54) is 23.0 Å². The molecule has 7 nitrogen and oxygen atoms in total. The number of rotatable bonds is 5. The van der Waals surface area contributed by atoms with Gasteiger partial charge in [0.1, 0.15) is 24.2 Å². The molecule has 2 rings (SSSR count). The summed E-state index contributed by atoms with van der Waals surface area (Å²) in [6.45, 7) is 0.426. The van der Waals surface area contributed by atoms with E-state index in [1.54, 1.807) is 6.07 Å². The van der Waals surface area contributed by atoms with Gasteiger partial charge in [0.2, 0.25) is 0 Å². The number of carboxylic acid groups (broad SMARTS) is 1. The van der Waals surface area contributed by atoms with Gasteiger partial charge in [-0.15, -0.1) is 5.10 Å². The Bertz CT molecular complexity index is 678. The molecule has 0 atom stereocenters. The molecule has 0 aliphatic heterocycles. The molecule has 1 aromatic heterocycles. The predicted octanol–water partition coefficient (Wildman–Crippen LogP) is 1.07. The molecule has 0 spiro atoms. The molecule has 0 aliphatic rings. The number of benzene rings is 1. The Morgan fingerprint density at radius 1 is 1.55 bits per heavy atom. The lowest BCUT2D eigenvalue weighted by Gasteiger charge is -2.06. The van der Waals surface area contributed by atoms with E-state index in [2.05, 4.69) is 10.3 Å². The quantitative estimate of drug-likeness (QED) is 0.876. The van der Waals surface area contributed by atoms with Gasteiger partial charge in [-0.1, -0.05) is 5.21 Å². The van der Waals surface area contributed by atoms with E-state index in [9.17, 15) is 9.18 Å². The minimum Gasteiger partial charge on any atom is -0.492 e. The molecule has 0 fully saturated rings. The highest BCUT2D eigenvalue weighted by Crippen LogP contribution is 2.15. The maximum absolute atomic E-state index is 13.3. The highest BCUT2D eigenvalue weighted by Gasteiger charge is 2.08. The van der Waals surface area contributed by atoms with Gasteiger partial charge in [-0.25, -0.2) is 13.9 Å². The number of carboxylic acids is 1. The molecule has 0 bridgehead atoms. The molecule has 102 valence electrons. The smallest absolute Gasteiger partial charge is 0.358 e. The molecule has 2 aromatic rings. The number of carbonyl (C=O) groups is 1. The van der Waals surface area contributed by atoms with Crippen molar-refractivity contribution in [2.24, 2.45) is 0 Å². The van der Waals surface area contributed by atoms with Gasteiger partial charge in [0.25, 0.3) is 0 Å². The molecule has 0 saturated heterocycles. The van der Waals surface area contributed by atoms with Gasteiger partial charge in [0, 0.05) is 6.07 Å². The van der Waals surface area contributed by atoms with Crippen LogP contribution in [0.4, 0.5) is 4.39 Å². The van der Waals surface area contributed by atoms with Crippen molar-refractivity contribution < 1.29 is 19.0 Å². The number of nitrogens with zero attached hydrogens (tertiary/aromatic N) is 4. The molecular formula is C12H9FN4O3. The molecule has 1 aromatic carbocycles. The van der Waals surface area contributed by atoms with Crippen LogP contribution in [0.1, 0.15) is 16.1 Å². The fourth-order valence-electron chi connectivity index (χ4n) is 1.44. The van der Waals surface area contributed by atoms with E-state index >= 15 is 0 Å². The van der Waals surface area contributed by atoms with Crippen molar-refractivity contribution in [1.29, 1.82) is 5.26 Å². The third kappa shape index (κ3) is 3.08. The Labute approximate surface area is 112 Å². The van der Waals surface area contributed by atoms with E-state index in [0.29, 0.717) is 0 Å². The minimum absolute atomic E-state index is 0.0558. The Morgan fingerprint density at radius 3 is 2.95 bits per heavy atom. The van der Waals surface area contributed by atoms with Crippen LogP contribution in [0.3, 0.4) is 0 Å². The number of hydrogen-bond donors (Lipinski definition) is 1. The van der Waals surface area contributed by atoms with E-state index in [1.807, 2.05) is 0 Å². The molecule has 1 heterocycles. The van der Waals surface area contributed by atoms with E-state index in [-0.39, 0.29) is 30.2 Å². The number of aromatic nitrogens is 3. The van der Waals surface area contributed by atoms with Gasteiger partial charge < -0.3 is 9.84 Å². The average Bonchev–Trinajstić information content (AvgIpc) is 2.88. The van der Waals surface area contributed by atoms with Gasteiger partial charge in [-0.2, -0.15) is 5.26 Å². The van der Waals surface area contributed by atoms with E-state index in [4.69, 9.17) is 15.1 Å². The van der Waals surface area contributed by atoms with Gasteiger partial charge >= 0.3 is 5.97 Å². The summed E-state index contributed by atoms with van der Waals surface area (Å²) in [4.78, 5) is 10.6. The van der Waals surface area contributed by atoms with Gasteiger partial charge in [-0.3, -0.25) is 0 Å². The Morgan fingerprint density at radius 2 is 2.35 bits per heavy atom. The van der Waals surface area contributed by atoms with Crippen molar-refractivity contribution in [3.8, 4) is 11.8 Å². The molecule has 1 N–H and O–H groups in total. The summed E-state index contributed by atoms with van der Waals surface area (Å²) < 4.78 is 19.9. The Hall–Kier alpha value is -2.95. The first-order valence-corrected chi connectivity index (χ1v) is 5.56. The summed E-state index contributed by atoms with van der Waals surface area (Å²) in [7, 11) is 0. The van der Waals surface area contributed by atoms with E-state index < -0.39 is 11.8 Å². The van der Waals surface area contributed by atoms with Crippen molar-refractivity contribution in [3.63, 3.8) is 0 Å². The van der Waals surface area contributed by atoms with Crippen molar-refractivity contribution in [2.45, 2.75) is 6.54 Å². The fraction of sp³-hybridized carbons (Fsp3) is 0.167. The van der Waals surface area contributed by atoms with Crippen LogP contribution in [-0.2, 0) is 6.54 Å². The molecule has 0 amide bonds. The van der Waals surface area contributed by atoms with Crippen LogP contribution in [0.5, 0.6) is 5.75 Å². The van der Waals surface area contributed by atoms with Crippen molar-refractivity contribution in [1.82, 2.24) is 15.0 Å². The largest absolute Gasteiger partial charge is 0.492 e. The van der Waals surface area contributed by atoms with Crippen LogP contribution in [0.15, 0.2) is 24.4 Å². The number of hydrogen-bond acceptors (Lipinski definition) is 5. The predicted molar refractivity (Wildman–Crippen MR) is 63.6 cm³/mol. The highest BCUT2D eigenvalue weighted by molar-refractivity contribution is 5.84. The van der Waals surface area contributed by atoms with Crippen LogP contribution in [-0.4, -0.2) is 32.7 Å². The number of ether oxygens (including phenoxy) is 1. The monoisotopic (exact) mass is 276 g/mol. The summed E-state index contributed by atoms with van der Waals surface area (Å²) in [6.07, 6.45) is 1.27. The van der Waals surface area contributed by atoms with Gasteiger partial charge in [0.15, 0.2) is 5.69 Å². The number of nitriles is 1. The first-order valence-electron chi connectivity index (χ1n) is 5.56. The molecule has 0 unspecified atom stereocenters. The number of halogens is 1. The van der Waals surface area contributed by atoms with Gasteiger partial charge in [0.05, 0.1) is 18.3 Å². The average molecular weight is 276 g/mol.